The summed E-state index contributed by atoms with van der Waals surface area (Å²) in [6.45, 7) is 0. The van der Waals surface area contributed by atoms with E-state index < -0.39 is 11.6 Å². The zero-order valence-electron chi connectivity index (χ0n) is 8.35. The van der Waals surface area contributed by atoms with Gasteiger partial charge in [-0.3, -0.25) is 0 Å². The van der Waals surface area contributed by atoms with Gasteiger partial charge in [0.05, 0.1) is 0 Å². The molecule has 0 saturated heterocycles. The topological polar surface area (TPSA) is 0 Å². The van der Waals surface area contributed by atoms with Crippen LogP contribution >= 0.6 is 15.9 Å². The van der Waals surface area contributed by atoms with E-state index in [0.29, 0.717) is 16.8 Å². The van der Waals surface area contributed by atoms with Crippen LogP contribution in [0.25, 0.3) is 0 Å². The standard InChI is InChI=1S/C12H13BrF2/c13-10(8-4-5-8)7-6-9-2-1-3-11(14)12(9)15/h1-3,8,10H,4-7H2. The van der Waals surface area contributed by atoms with Crippen molar-refractivity contribution in [3.63, 3.8) is 0 Å². The zero-order valence-corrected chi connectivity index (χ0v) is 9.94. The van der Waals surface area contributed by atoms with E-state index in [1.807, 2.05) is 0 Å². The molecule has 0 amide bonds. The lowest BCUT2D eigenvalue weighted by Gasteiger charge is -2.08. The van der Waals surface area contributed by atoms with E-state index in [9.17, 15) is 8.78 Å². The highest BCUT2D eigenvalue weighted by atomic mass is 79.9. The van der Waals surface area contributed by atoms with E-state index in [2.05, 4.69) is 15.9 Å². The molecule has 0 radical (unpaired) electrons. The average Bonchev–Trinajstić information content (AvgIpc) is 3.03. The molecule has 1 aliphatic rings. The number of aryl methyl sites for hydroxylation is 1. The second kappa shape index (κ2) is 4.60. The van der Waals surface area contributed by atoms with Crippen molar-refractivity contribution in [2.45, 2.75) is 30.5 Å². The molecule has 0 spiro atoms. The highest BCUT2D eigenvalue weighted by Crippen LogP contribution is 2.38. The van der Waals surface area contributed by atoms with Crippen LogP contribution in [0.15, 0.2) is 18.2 Å². The predicted octanol–water partition coefficient (Wildman–Crippen LogP) is 4.07. The molecule has 0 aliphatic heterocycles. The molecule has 0 aromatic heterocycles. The van der Waals surface area contributed by atoms with Gasteiger partial charge in [0.2, 0.25) is 0 Å². The van der Waals surface area contributed by atoms with Crippen molar-refractivity contribution in [1.82, 2.24) is 0 Å². The zero-order chi connectivity index (χ0) is 10.8. The van der Waals surface area contributed by atoms with E-state index in [1.54, 1.807) is 12.1 Å². The van der Waals surface area contributed by atoms with Crippen molar-refractivity contribution in [2.24, 2.45) is 5.92 Å². The molecule has 1 aromatic carbocycles. The highest BCUT2D eigenvalue weighted by Gasteiger charge is 2.28. The Kier molecular flexibility index (Phi) is 3.39. The summed E-state index contributed by atoms with van der Waals surface area (Å²) >= 11 is 3.59. The lowest BCUT2D eigenvalue weighted by molar-refractivity contribution is 0.496. The number of halogens is 3. The monoisotopic (exact) mass is 274 g/mol. The Balaban J connectivity index is 1.95. The van der Waals surface area contributed by atoms with Gasteiger partial charge in [-0.25, -0.2) is 8.78 Å². The largest absolute Gasteiger partial charge is 0.204 e. The third-order valence-electron chi connectivity index (χ3n) is 2.85. The normalized spacial score (nSPS) is 17.8. The Morgan fingerprint density at radius 1 is 1.33 bits per heavy atom. The first-order valence-corrected chi connectivity index (χ1v) is 6.17. The van der Waals surface area contributed by atoms with Gasteiger partial charge >= 0.3 is 0 Å². The first-order valence-electron chi connectivity index (χ1n) is 5.25. The van der Waals surface area contributed by atoms with Crippen molar-refractivity contribution >= 4 is 15.9 Å². The van der Waals surface area contributed by atoms with E-state index in [-0.39, 0.29) is 0 Å². The molecule has 1 unspecified atom stereocenters. The Labute approximate surface area is 96.8 Å². The fraction of sp³-hybridized carbons (Fsp3) is 0.500. The number of hydrogen-bond acceptors (Lipinski definition) is 0. The molecular formula is C12H13BrF2. The summed E-state index contributed by atoms with van der Waals surface area (Å²) in [4.78, 5) is 0.458. The molecule has 82 valence electrons. The summed E-state index contributed by atoms with van der Waals surface area (Å²) in [5, 5.41) is 0. The van der Waals surface area contributed by atoms with Crippen LogP contribution in [0.1, 0.15) is 24.8 Å². The number of benzene rings is 1. The third kappa shape index (κ3) is 2.77. The van der Waals surface area contributed by atoms with E-state index in [4.69, 9.17) is 0 Å². The van der Waals surface area contributed by atoms with Crippen LogP contribution in [0.2, 0.25) is 0 Å². The first-order chi connectivity index (χ1) is 7.18. The minimum Gasteiger partial charge on any atom is -0.204 e. The van der Waals surface area contributed by atoms with Crippen LogP contribution in [-0.4, -0.2) is 4.83 Å². The smallest absolute Gasteiger partial charge is 0.162 e. The second-order valence-electron chi connectivity index (χ2n) is 4.11. The molecule has 1 fully saturated rings. The fourth-order valence-corrected chi connectivity index (χ4v) is 2.49. The molecule has 1 aliphatic carbocycles. The molecule has 3 heteroatoms. The molecule has 0 bridgehead atoms. The molecular weight excluding hydrogens is 262 g/mol. The number of alkyl halides is 1. The summed E-state index contributed by atoms with van der Waals surface area (Å²) in [6, 6.07) is 4.38. The van der Waals surface area contributed by atoms with Crippen LogP contribution in [0.4, 0.5) is 8.78 Å². The van der Waals surface area contributed by atoms with Gasteiger partial charge in [-0.05, 0) is 43.2 Å². The van der Waals surface area contributed by atoms with Crippen molar-refractivity contribution in [2.75, 3.05) is 0 Å². The maximum Gasteiger partial charge on any atom is 0.162 e. The molecule has 0 N–H and O–H groups in total. The molecule has 1 saturated carbocycles. The van der Waals surface area contributed by atoms with Crippen LogP contribution in [0, 0.1) is 17.6 Å². The summed E-state index contributed by atoms with van der Waals surface area (Å²) in [5.74, 6) is -0.681. The fourth-order valence-electron chi connectivity index (χ4n) is 1.73. The maximum absolute atomic E-state index is 13.3. The number of rotatable bonds is 4. The quantitative estimate of drug-likeness (QED) is 0.726. The minimum atomic E-state index is -0.745. The molecule has 0 heterocycles. The van der Waals surface area contributed by atoms with Crippen molar-refractivity contribution < 1.29 is 8.78 Å². The van der Waals surface area contributed by atoms with Gasteiger partial charge in [-0.1, -0.05) is 28.1 Å². The van der Waals surface area contributed by atoms with E-state index in [0.717, 1.165) is 18.4 Å². The Morgan fingerprint density at radius 2 is 2.07 bits per heavy atom. The van der Waals surface area contributed by atoms with Gasteiger partial charge in [0, 0.05) is 4.83 Å². The highest BCUT2D eigenvalue weighted by molar-refractivity contribution is 9.09. The van der Waals surface area contributed by atoms with Gasteiger partial charge in [0.1, 0.15) is 0 Å². The molecule has 2 rings (SSSR count). The van der Waals surface area contributed by atoms with Crippen molar-refractivity contribution in [3.8, 4) is 0 Å². The lowest BCUT2D eigenvalue weighted by atomic mass is 10.1. The van der Waals surface area contributed by atoms with E-state index in [1.165, 1.54) is 12.8 Å². The SMILES string of the molecule is Fc1cccc(CCC(Br)C2CC2)c1F. The van der Waals surface area contributed by atoms with Gasteiger partial charge in [-0.2, -0.15) is 0 Å². The van der Waals surface area contributed by atoms with Gasteiger partial charge in [0.25, 0.3) is 0 Å². The van der Waals surface area contributed by atoms with Crippen molar-refractivity contribution in [1.29, 1.82) is 0 Å². The van der Waals surface area contributed by atoms with Crippen LogP contribution in [0.5, 0.6) is 0 Å². The van der Waals surface area contributed by atoms with Gasteiger partial charge in [0.15, 0.2) is 11.6 Å². The van der Waals surface area contributed by atoms with Gasteiger partial charge < -0.3 is 0 Å². The summed E-state index contributed by atoms with van der Waals surface area (Å²) in [7, 11) is 0. The number of hydrogen-bond donors (Lipinski definition) is 0. The molecule has 1 aromatic rings. The summed E-state index contributed by atoms with van der Waals surface area (Å²) in [6.07, 6.45) is 4.02. The second-order valence-corrected chi connectivity index (χ2v) is 5.28. The molecule has 0 nitrogen and oxygen atoms in total. The van der Waals surface area contributed by atoms with Gasteiger partial charge in [-0.15, -0.1) is 0 Å². The van der Waals surface area contributed by atoms with E-state index >= 15 is 0 Å². The lowest BCUT2D eigenvalue weighted by Crippen LogP contribution is -2.04. The van der Waals surface area contributed by atoms with Crippen LogP contribution in [0.3, 0.4) is 0 Å². The summed E-state index contributed by atoms with van der Waals surface area (Å²) < 4.78 is 26.2. The van der Waals surface area contributed by atoms with Crippen LogP contribution < -0.4 is 0 Å². The Hall–Kier alpha value is -0.440. The minimum absolute atomic E-state index is 0.458. The average molecular weight is 275 g/mol. The first kappa shape index (κ1) is 11.1. The maximum atomic E-state index is 13.3. The van der Waals surface area contributed by atoms with Crippen LogP contribution in [-0.2, 0) is 6.42 Å². The molecule has 1 atom stereocenters. The predicted molar refractivity (Wildman–Crippen MR) is 60.1 cm³/mol. The third-order valence-corrected chi connectivity index (χ3v) is 4.06. The Bertz CT molecular complexity index is 347. The molecule has 15 heavy (non-hydrogen) atoms. The van der Waals surface area contributed by atoms with Crippen molar-refractivity contribution in [3.05, 3.63) is 35.4 Å². The summed E-state index contributed by atoms with van der Waals surface area (Å²) in [5.41, 5.74) is 0.486. The Morgan fingerprint density at radius 3 is 2.73 bits per heavy atom.